The first kappa shape index (κ1) is 6.83. The molecule has 3 nitrogen and oxygen atoms in total. The van der Waals surface area contributed by atoms with Crippen LogP contribution >= 0.6 is 0 Å². The molecule has 2 rings (SSSR count). The predicted molar refractivity (Wildman–Crippen MR) is 38.8 cm³/mol. The molecule has 60 valence electrons. The quantitative estimate of drug-likeness (QED) is 0.574. The molecule has 0 aromatic heterocycles. The Labute approximate surface area is 65.2 Å². The van der Waals surface area contributed by atoms with Gasteiger partial charge in [0.2, 0.25) is 5.91 Å². The minimum atomic E-state index is 0.0289. The van der Waals surface area contributed by atoms with Crippen LogP contribution in [0.15, 0.2) is 0 Å². The summed E-state index contributed by atoms with van der Waals surface area (Å²) < 4.78 is 0. The summed E-state index contributed by atoms with van der Waals surface area (Å²) in [6.45, 7) is 0. The van der Waals surface area contributed by atoms with E-state index in [1.807, 2.05) is 0 Å². The van der Waals surface area contributed by atoms with Crippen LogP contribution in [0.5, 0.6) is 0 Å². The largest absolute Gasteiger partial charge is 0.359 e. The van der Waals surface area contributed by atoms with Crippen molar-refractivity contribution >= 4 is 11.7 Å². The monoisotopic (exact) mass is 153 g/mol. The second-order valence-corrected chi connectivity index (χ2v) is 3.33. The second-order valence-electron chi connectivity index (χ2n) is 3.33. The Kier molecular flexibility index (Phi) is 1.28. The topological polar surface area (TPSA) is 46.2 Å². The van der Waals surface area contributed by atoms with Crippen molar-refractivity contribution in [3.63, 3.8) is 0 Å². The van der Waals surface area contributed by atoms with Crippen LogP contribution in [0.2, 0.25) is 0 Å². The molecule has 0 aromatic rings. The van der Waals surface area contributed by atoms with Crippen molar-refractivity contribution in [3.8, 4) is 0 Å². The molecule has 0 heterocycles. The average Bonchev–Trinajstić information content (AvgIpc) is 2.63. The molecule has 0 radical (unpaired) electrons. The highest BCUT2D eigenvalue weighted by Gasteiger charge is 2.61. The van der Waals surface area contributed by atoms with Gasteiger partial charge in [-0.1, -0.05) is 0 Å². The first-order valence-electron chi connectivity index (χ1n) is 4.00. The summed E-state index contributed by atoms with van der Waals surface area (Å²) in [4.78, 5) is 22.1. The molecule has 0 unspecified atom stereocenters. The van der Waals surface area contributed by atoms with Gasteiger partial charge in [-0.3, -0.25) is 9.59 Å². The number of hydrogen-bond acceptors (Lipinski definition) is 2. The summed E-state index contributed by atoms with van der Waals surface area (Å²) in [6.07, 6.45) is 1.63. The summed E-state index contributed by atoms with van der Waals surface area (Å²) >= 11 is 0. The van der Waals surface area contributed by atoms with Crippen LogP contribution in [0.25, 0.3) is 0 Å². The maximum absolute atomic E-state index is 11.1. The highest BCUT2D eigenvalue weighted by Crippen LogP contribution is 2.55. The Balaban J connectivity index is 2.04. The lowest BCUT2D eigenvalue weighted by atomic mass is 10.1. The van der Waals surface area contributed by atoms with Crippen LogP contribution in [-0.4, -0.2) is 18.7 Å². The van der Waals surface area contributed by atoms with E-state index in [2.05, 4.69) is 5.32 Å². The fraction of sp³-hybridized carbons (Fsp3) is 0.750. The van der Waals surface area contributed by atoms with Crippen LogP contribution in [0, 0.1) is 17.8 Å². The molecular weight excluding hydrogens is 142 g/mol. The van der Waals surface area contributed by atoms with Crippen molar-refractivity contribution < 1.29 is 9.59 Å². The molecule has 2 saturated carbocycles. The Morgan fingerprint density at radius 2 is 2.36 bits per heavy atom. The molecule has 0 spiro atoms. The van der Waals surface area contributed by atoms with Gasteiger partial charge in [-0.2, -0.15) is 0 Å². The fourth-order valence-corrected chi connectivity index (χ4v) is 2.17. The molecule has 1 amide bonds. The molecule has 3 atom stereocenters. The fourth-order valence-electron chi connectivity index (χ4n) is 2.17. The number of rotatable bonds is 1. The van der Waals surface area contributed by atoms with Crippen molar-refractivity contribution in [2.45, 2.75) is 12.8 Å². The second kappa shape index (κ2) is 2.06. The van der Waals surface area contributed by atoms with E-state index in [4.69, 9.17) is 0 Å². The molecular formula is C8H11NO2. The molecule has 3 heteroatoms. The summed E-state index contributed by atoms with van der Waals surface area (Å²) in [5, 5.41) is 2.58. The molecule has 0 aliphatic heterocycles. The highest BCUT2D eigenvalue weighted by molar-refractivity contribution is 5.96. The molecule has 2 aliphatic rings. The predicted octanol–water partition coefficient (Wildman–Crippen LogP) is -0.0425. The Morgan fingerprint density at radius 3 is 2.82 bits per heavy atom. The number of carbonyl (C=O) groups is 2. The van der Waals surface area contributed by atoms with E-state index < -0.39 is 0 Å². The van der Waals surface area contributed by atoms with Crippen molar-refractivity contribution in [3.05, 3.63) is 0 Å². The van der Waals surface area contributed by atoms with Crippen molar-refractivity contribution in [1.82, 2.24) is 5.32 Å². The average molecular weight is 153 g/mol. The van der Waals surface area contributed by atoms with E-state index in [1.165, 1.54) is 0 Å². The lowest BCUT2D eigenvalue weighted by Crippen LogP contribution is -2.23. The van der Waals surface area contributed by atoms with E-state index in [-0.39, 0.29) is 17.7 Å². The van der Waals surface area contributed by atoms with E-state index in [0.29, 0.717) is 18.1 Å². The molecule has 0 bridgehead atoms. The van der Waals surface area contributed by atoms with Crippen molar-refractivity contribution in [2.24, 2.45) is 17.8 Å². The van der Waals surface area contributed by atoms with E-state index >= 15 is 0 Å². The third-order valence-electron chi connectivity index (χ3n) is 2.81. The zero-order valence-electron chi connectivity index (χ0n) is 6.46. The highest BCUT2D eigenvalue weighted by atomic mass is 16.2. The molecule has 0 aromatic carbocycles. The summed E-state index contributed by atoms with van der Waals surface area (Å²) in [5.74, 6) is 0.857. The molecule has 11 heavy (non-hydrogen) atoms. The first-order valence-corrected chi connectivity index (χ1v) is 4.00. The zero-order valence-corrected chi connectivity index (χ0v) is 6.46. The van der Waals surface area contributed by atoms with Crippen LogP contribution < -0.4 is 5.32 Å². The molecule has 2 aliphatic carbocycles. The van der Waals surface area contributed by atoms with Gasteiger partial charge in [-0.05, 0) is 12.3 Å². The van der Waals surface area contributed by atoms with Crippen LogP contribution in [0.3, 0.4) is 0 Å². The van der Waals surface area contributed by atoms with Gasteiger partial charge in [0.1, 0.15) is 5.78 Å². The number of Topliss-reactive ketones (excluding diaryl/α,β-unsaturated/α-hetero) is 1. The molecule has 2 fully saturated rings. The van der Waals surface area contributed by atoms with Crippen molar-refractivity contribution in [1.29, 1.82) is 0 Å². The summed E-state index contributed by atoms with van der Waals surface area (Å²) in [6, 6.07) is 0. The van der Waals surface area contributed by atoms with Gasteiger partial charge >= 0.3 is 0 Å². The number of nitrogens with one attached hydrogen (secondary N) is 1. The number of ketones is 1. The van der Waals surface area contributed by atoms with Crippen molar-refractivity contribution in [2.75, 3.05) is 7.05 Å². The van der Waals surface area contributed by atoms with Gasteiger partial charge in [-0.15, -0.1) is 0 Å². The lowest BCUT2D eigenvalue weighted by molar-refractivity contribution is -0.126. The third kappa shape index (κ3) is 0.800. The maximum Gasteiger partial charge on any atom is 0.223 e. The van der Waals surface area contributed by atoms with E-state index in [1.54, 1.807) is 7.05 Å². The summed E-state index contributed by atoms with van der Waals surface area (Å²) in [7, 11) is 1.63. The van der Waals surface area contributed by atoms with Gasteiger partial charge in [-0.25, -0.2) is 0 Å². The van der Waals surface area contributed by atoms with Gasteiger partial charge in [0.15, 0.2) is 0 Å². The van der Waals surface area contributed by atoms with Gasteiger partial charge in [0, 0.05) is 19.4 Å². The number of carbonyl (C=O) groups excluding carboxylic acids is 2. The van der Waals surface area contributed by atoms with Crippen LogP contribution in [-0.2, 0) is 9.59 Å². The standard InChI is InChI=1S/C8H11NO2/c1-9-8(11)7-4-2-3-5(10)6(4)7/h4,6-7H,2-3H2,1H3,(H,9,11)/t4-,6-,7+/m1/s1. The van der Waals surface area contributed by atoms with Gasteiger partial charge in [0.05, 0.1) is 5.92 Å². The van der Waals surface area contributed by atoms with E-state index in [0.717, 1.165) is 6.42 Å². The number of amides is 1. The number of hydrogen-bond donors (Lipinski definition) is 1. The minimum absolute atomic E-state index is 0.0289. The minimum Gasteiger partial charge on any atom is -0.359 e. The maximum atomic E-state index is 11.1. The van der Waals surface area contributed by atoms with Gasteiger partial charge < -0.3 is 5.32 Å². The zero-order chi connectivity index (χ0) is 8.01. The smallest absolute Gasteiger partial charge is 0.223 e. The molecule has 0 saturated heterocycles. The van der Waals surface area contributed by atoms with Gasteiger partial charge in [0.25, 0.3) is 0 Å². The Hall–Kier alpha value is -0.860. The Bertz CT molecular complexity index is 224. The van der Waals surface area contributed by atoms with E-state index in [9.17, 15) is 9.59 Å². The Morgan fingerprint density at radius 1 is 1.64 bits per heavy atom. The summed E-state index contributed by atoms with van der Waals surface area (Å²) in [5.41, 5.74) is 0. The van der Waals surface area contributed by atoms with Crippen LogP contribution in [0.4, 0.5) is 0 Å². The number of fused-ring (bicyclic) bond motifs is 1. The molecule has 1 N–H and O–H groups in total. The third-order valence-corrected chi connectivity index (χ3v) is 2.81. The van der Waals surface area contributed by atoms with Crippen LogP contribution in [0.1, 0.15) is 12.8 Å². The SMILES string of the molecule is CNC(=O)[C@H]1[C@@H]2CCC(=O)[C@@H]21. The normalized spacial score (nSPS) is 40.1. The lowest BCUT2D eigenvalue weighted by Gasteiger charge is -1.99. The first-order chi connectivity index (χ1) is 5.25.